The normalized spacial score (nSPS) is 21.1. The zero-order valence-corrected chi connectivity index (χ0v) is 13.4. The highest BCUT2D eigenvalue weighted by molar-refractivity contribution is 6.33. The van der Waals surface area contributed by atoms with Crippen LogP contribution in [-0.2, 0) is 0 Å². The maximum absolute atomic E-state index is 6.63. The molecule has 1 saturated carbocycles. The number of piperazine rings is 1. The van der Waals surface area contributed by atoms with Crippen molar-refractivity contribution in [2.24, 2.45) is 5.92 Å². The van der Waals surface area contributed by atoms with Crippen molar-refractivity contribution in [2.75, 3.05) is 40.4 Å². The molecule has 0 unspecified atom stereocenters. The Hall–Kier alpha value is -0.970. The quantitative estimate of drug-likeness (QED) is 0.906. The fraction of sp³-hybridized carbons (Fsp3) is 0.625. The number of benzene rings is 1. The third-order valence-electron chi connectivity index (χ3n) is 4.45. The minimum absolute atomic E-state index is 0.402. The zero-order valence-electron chi connectivity index (χ0n) is 12.7. The predicted molar refractivity (Wildman–Crippen MR) is 84.5 cm³/mol. The molecule has 1 aromatic carbocycles. The second-order valence-electron chi connectivity index (χ2n) is 5.77. The molecule has 116 valence electrons. The molecule has 5 heteroatoms. The Kier molecular flexibility index (Phi) is 4.57. The summed E-state index contributed by atoms with van der Waals surface area (Å²) in [5, 5.41) is 4.12. The number of rotatable bonds is 5. The summed E-state index contributed by atoms with van der Waals surface area (Å²) in [6.45, 7) is 4.25. The molecule has 21 heavy (non-hydrogen) atoms. The topological polar surface area (TPSA) is 33.7 Å². The van der Waals surface area contributed by atoms with Crippen LogP contribution in [-0.4, -0.2) is 45.3 Å². The largest absolute Gasteiger partial charge is 0.493 e. The van der Waals surface area contributed by atoms with Crippen LogP contribution in [0.2, 0.25) is 5.02 Å². The van der Waals surface area contributed by atoms with Crippen LogP contribution in [0.15, 0.2) is 12.1 Å². The lowest BCUT2D eigenvalue weighted by Crippen LogP contribution is -2.45. The molecule has 1 aliphatic carbocycles. The molecule has 1 N–H and O–H groups in total. The second-order valence-corrected chi connectivity index (χ2v) is 6.15. The minimum atomic E-state index is 0.402. The first-order valence-electron chi connectivity index (χ1n) is 7.61. The molecule has 1 aromatic rings. The number of halogens is 1. The van der Waals surface area contributed by atoms with Gasteiger partial charge in [0.15, 0.2) is 11.5 Å². The third kappa shape index (κ3) is 2.98. The van der Waals surface area contributed by atoms with Gasteiger partial charge >= 0.3 is 0 Å². The van der Waals surface area contributed by atoms with Gasteiger partial charge in [0.05, 0.1) is 19.2 Å². The third-order valence-corrected chi connectivity index (χ3v) is 4.84. The van der Waals surface area contributed by atoms with Crippen LogP contribution < -0.4 is 14.8 Å². The molecule has 0 bridgehead atoms. The van der Waals surface area contributed by atoms with Crippen LogP contribution in [0, 0.1) is 5.92 Å². The van der Waals surface area contributed by atoms with Gasteiger partial charge in [0.25, 0.3) is 0 Å². The highest BCUT2D eigenvalue weighted by Gasteiger charge is 2.38. The monoisotopic (exact) mass is 310 g/mol. The van der Waals surface area contributed by atoms with E-state index in [0.717, 1.165) is 32.1 Å². The first kappa shape index (κ1) is 14.9. The summed E-state index contributed by atoms with van der Waals surface area (Å²) in [6.07, 6.45) is 2.58. The van der Waals surface area contributed by atoms with Crippen LogP contribution in [0.4, 0.5) is 0 Å². The number of nitrogens with one attached hydrogen (secondary N) is 1. The van der Waals surface area contributed by atoms with Crippen LogP contribution >= 0.6 is 11.6 Å². The highest BCUT2D eigenvalue weighted by atomic mass is 35.5. The number of ether oxygens (including phenoxy) is 2. The summed E-state index contributed by atoms with van der Waals surface area (Å²) in [5.41, 5.74) is 1.18. The van der Waals surface area contributed by atoms with Crippen LogP contribution in [0.5, 0.6) is 11.5 Å². The molecule has 1 aliphatic heterocycles. The second kappa shape index (κ2) is 6.42. The number of nitrogens with zero attached hydrogens (tertiary/aromatic N) is 1. The molecule has 0 amide bonds. The van der Waals surface area contributed by atoms with E-state index in [4.69, 9.17) is 21.1 Å². The molecular weight excluding hydrogens is 288 g/mol. The van der Waals surface area contributed by atoms with Crippen molar-refractivity contribution >= 4 is 11.6 Å². The van der Waals surface area contributed by atoms with Gasteiger partial charge < -0.3 is 14.8 Å². The molecule has 2 fully saturated rings. The number of hydrogen-bond acceptors (Lipinski definition) is 4. The Morgan fingerprint density at radius 1 is 1.19 bits per heavy atom. The molecule has 3 rings (SSSR count). The van der Waals surface area contributed by atoms with E-state index in [1.807, 2.05) is 6.07 Å². The van der Waals surface area contributed by atoms with Crippen molar-refractivity contribution in [3.05, 3.63) is 22.7 Å². The number of methoxy groups -OCH3 is 2. The van der Waals surface area contributed by atoms with Crippen LogP contribution in [0.1, 0.15) is 24.4 Å². The van der Waals surface area contributed by atoms with E-state index < -0.39 is 0 Å². The van der Waals surface area contributed by atoms with Gasteiger partial charge in [-0.25, -0.2) is 0 Å². The standard InChI is InChI=1S/C16H23ClN2O2/c1-20-13-6-5-12(14(17)16(13)21-2)15(11-3-4-11)19-9-7-18-8-10-19/h5-6,11,15,18H,3-4,7-10H2,1-2H3/t15-/m1/s1. The van der Waals surface area contributed by atoms with E-state index in [2.05, 4.69) is 16.3 Å². The lowest BCUT2D eigenvalue weighted by molar-refractivity contribution is 0.156. The first-order valence-corrected chi connectivity index (χ1v) is 7.99. The van der Waals surface area contributed by atoms with Crippen molar-refractivity contribution in [2.45, 2.75) is 18.9 Å². The van der Waals surface area contributed by atoms with E-state index in [-0.39, 0.29) is 0 Å². The Morgan fingerprint density at radius 3 is 2.48 bits per heavy atom. The molecule has 2 aliphatic rings. The molecule has 0 radical (unpaired) electrons. The molecule has 1 heterocycles. The Balaban J connectivity index is 1.95. The highest BCUT2D eigenvalue weighted by Crippen LogP contribution is 2.49. The maximum Gasteiger partial charge on any atom is 0.179 e. The summed E-state index contributed by atoms with van der Waals surface area (Å²) in [6, 6.07) is 4.48. The fourth-order valence-corrected chi connectivity index (χ4v) is 3.60. The summed E-state index contributed by atoms with van der Waals surface area (Å²) < 4.78 is 10.8. The van der Waals surface area contributed by atoms with Crippen molar-refractivity contribution in [1.82, 2.24) is 10.2 Å². The van der Waals surface area contributed by atoms with Crippen LogP contribution in [0.25, 0.3) is 0 Å². The molecule has 1 saturated heterocycles. The fourth-order valence-electron chi connectivity index (χ4n) is 3.25. The van der Waals surface area contributed by atoms with Gasteiger partial charge in [-0.2, -0.15) is 0 Å². The summed E-state index contributed by atoms with van der Waals surface area (Å²) >= 11 is 6.63. The van der Waals surface area contributed by atoms with Gasteiger partial charge in [0.2, 0.25) is 0 Å². The summed E-state index contributed by atoms with van der Waals surface area (Å²) in [4.78, 5) is 2.56. The molecule has 4 nitrogen and oxygen atoms in total. The smallest absolute Gasteiger partial charge is 0.179 e. The molecule has 0 aromatic heterocycles. The lowest BCUT2D eigenvalue weighted by atomic mass is 9.99. The van der Waals surface area contributed by atoms with Gasteiger partial charge in [-0.15, -0.1) is 0 Å². The minimum Gasteiger partial charge on any atom is -0.493 e. The van der Waals surface area contributed by atoms with Crippen molar-refractivity contribution in [3.63, 3.8) is 0 Å². The van der Waals surface area contributed by atoms with E-state index >= 15 is 0 Å². The Morgan fingerprint density at radius 2 is 1.90 bits per heavy atom. The lowest BCUT2D eigenvalue weighted by Gasteiger charge is -2.36. The zero-order chi connectivity index (χ0) is 14.8. The van der Waals surface area contributed by atoms with Crippen molar-refractivity contribution in [3.8, 4) is 11.5 Å². The van der Waals surface area contributed by atoms with Gasteiger partial charge in [0, 0.05) is 32.2 Å². The van der Waals surface area contributed by atoms with E-state index in [0.29, 0.717) is 22.6 Å². The molecular formula is C16H23ClN2O2. The van der Waals surface area contributed by atoms with Gasteiger partial charge in [-0.1, -0.05) is 17.7 Å². The SMILES string of the molecule is COc1ccc([C@@H](C2CC2)N2CCNCC2)c(Cl)c1OC. The molecule has 0 spiro atoms. The summed E-state index contributed by atoms with van der Waals surface area (Å²) in [5.74, 6) is 2.07. The van der Waals surface area contributed by atoms with Gasteiger partial charge in [-0.3, -0.25) is 4.90 Å². The van der Waals surface area contributed by atoms with E-state index in [1.165, 1.54) is 18.4 Å². The number of hydrogen-bond donors (Lipinski definition) is 1. The molecule has 1 atom stereocenters. The maximum atomic E-state index is 6.63. The average molecular weight is 311 g/mol. The first-order chi connectivity index (χ1) is 10.3. The van der Waals surface area contributed by atoms with E-state index in [1.54, 1.807) is 14.2 Å². The van der Waals surface area contributed by atoms with Gasteiger partial charge in [-0.05, 0) is 30.4 Å². The average Bonchev–Trinajstić information content (AvgIpc) is 3.34. The predicted octanol–water partition coefficient (Wildman–Crippen LogP) is 2.71. The van der Waals surface area contributed by atoms with E-state index in [9.17, 15) is 0 Å². The Bertz CT molecular complexity index is 499. The van der Waals surface area contributed by atoms with Gasteiger partial charge in [0.1, 0.15) is 0 Å². The van der Waals surface area contributed by atoms with Crippen molar-refractivity contribution in [1.29, 1.82) is 0 Å². The van der Waals surface area contributed by atoms with Crippen molar-refractivity contribution < 1.29 is 9.47 Å². The van der Waals surface area contributed by atoms with Crippen LogP contribution in [0.3, 0.4) is 0 Å². The summed E-state index contributed by atoms with van der Waals surface area (Å²) in [7, 11) is 3.28. The Labute approximate surface area is 131 Å².